The second kappa shape index (κ2) is 8.81. The Labute approximate surface area is 190 Å². The highest BCUT2D eigenvalue weighted by Crippen LogP contribution is 2.43. The molecule has 4 rings (SSSR count). The maximum absolute atomic E-state index is 13.5. The number of hydrogen-bond acceptors (Lipinski definition) is 7. The van der Waals surface area contributed by atoms with Gasteiger partial charge in [0.2, 0.25) is 11.7 Å². The maximum atomic E-state index is 13.5. The van der Waals surface area contributed by atoms with Crippen LogP contribution in [0.2, 0.25) is 0 Å². The molecule has 1 aliphatic rings. The summed E-state index contributed by atoms with van der Waals surface area (Å²) in [5.41, 5.74) is 2.81. The van der Waals surface area contributed by atoms with Crippen LogP contribution < -0.4 is 24.8 Å². The predicted octanol–water partition coefficient (Wildman–Crippen LogP) is 3.68. The van der Waals surface area contributed by atoms with Crippen molar-refractivity contribution in [2.75, 3.05) is 32.0 Å². The number of fused-ring (bicyclic) bond motifs is 1. The maximum Gasteiger partial charge on any atom is 0.255 e. The highest BCUT2D eigenvalue weighted by Gasteiger charge is 2.35. The molecule has 2 N–H and O–H groups in total. The predicted molar refractivity (Wildman–Crippen MR) is 120 cm³/mol. The van der Waals surface area contributed by atoms with Gasteiger partial charge in [-0.2, -0.15) is 10.1 Å². The summed E-state index contributed by atoms with van der Waals surface area (Å²) in [6.07, 6.45) is 1.41. The van der Waals surface area contributed by atoms with Crippen molar-refractivity contribution in [1.29, 1.82) is 0 Å². The number of benzene rings is 2. The lowest BCUT2D eigenvalue weighted by Crippen LogP contribution is -2.31. The fourth-order valence-corrected chi connectivity index (χ4v) is 3.91. The van der Waals surface area contributed by atoms with Gasteiger partial charge in [0.1, 0.15) is 18.2 Å². The zero-order valence-corrected chi connectivity index (χ0v) is 18.9. The molecular weight excluding hydrogens is 429 g/mol. The molecule has 0 saturated heterocycles. The van der Waals surface area contributed by atoms with Crippen LogP contribution in [-0.4, -0.2) is 42.0 Å². The van der Waals surface area contributed by atoms with Gasteiger partial charge in [-0.1, -0.05) is 0 Å². The van der Waals surface area contributed by atoms with Gasteiger partial charge in [0.25, 0.3) is 5.91 Å². The number of hydrogen-bond donors (Lipinski definition) is 2. The minimum Gasteiger partial charge on any atom is -0.493 e. The van der Waals surface area contributed by atoms with Crippen LogP contribution in [-0.2, 0) is 4.79 Å². The lowest BCUT2D eigenvalue weighted by atomic mass is 9.94. The number of amides is 1. The number of methoxy groups -OCH3 is 3. The second-order valence-corrected chi connectivity index (χ2v) is 7.47. The number of carbonyl (C=O) groups excluding carboxylic acids is 1. The molecule has 0 aliphatic carbocycles. The molecular formula is C23H24FN5O4. The lowest BCUT2D eigenvalue weighted by Gasteiger charge is -2.29. The summed E-state index contributed by atoms with van der Waals surface area (Å²) >= 11 is 0. The third-order valence-corrected chi connectivity index (χ3v) is 5.48. The summed E-state index contributed by atoms with van der Waals surface area (Å²) in [4.78, 5) is 17.8. The number of rotatable bonds is 6. The van der Waals surface area contributed by atoms with Gasteiger partial charge in [-0.15, -0.1) is 0 Å². The zero-order chi connectivity index (χ0) is 23.7. The summed E-state index contributed by atoms with van der Waals surface area (Å²) in [6, 6.07) is 7.10. The molecule has 3 aromatic rings. The third-order valence-electron chi connectivity index (χ3n) is 5.48. The molecule has 0 saturated carbocycles. The Bertz CT molecular complexity index is 1230. The fraction of sp³-hybridized carbons (Fsp3) is 0.261. The third kappa shape index (κ3) is 3.95. The van der Waals surface area contributed by atoms with Gasteiger partial charge >= 0.3 is 0 Å². The molecule has 9 nitrogen and oxygen atoms in total. The number of aromatic nitrogens is 3. The molecule has 1 atom stereocenters. The van der Waals surface area contributed by atoms with Gasteiger partial charge in [0.05, 0.1) is 26.9 Å². The summed E-state index contributed by atoms with van der Waals surface area (Å²) < 4.78 is 31.6. The molecule has 10 heteroatoms. The van der Waals surface area contributed by atoms with Crippen LogP contribution in [0.5, 0.6) is 17.2 Å². The number of allylic oxidation sites excluding steroid dienone is 1. The highest BCUT2D eigenvalue weighted by atomic mass is 19.1. The average Bonchev–Trinajstić information content (AvgIpc) is 3.26. The van der Waals surface area contributed by atoms with E-state index in [2.05, 4.69) is 20.7 Å². The summed E-state index contributed by atoms with van der Waals surface area (Å²) in [5.74, 6) is 1.07. The number of ether oxygens (including phenoxy) is 3. The van der Waals surface area contributed by atoms with E-state index in [4.69, 9.17) is 14.2 Å². The summed E-state index contributed by atoms with van der Waals surface area (Å²) in [7, 11) is 4.57. The molecule has 1 amide bonds. The Morgan fingerprint density at radius 2 is 1.79 bits per heavy atom. The van der Waals surface area contributed by atoms with Gasteiger partial charge < -0.3 is 24.8 Å². The molecule has 1 aliphatic heterocycles. The van der Waals surface area contributed by atoms with Crippen LogP contribution in [0, 0.1) is 12.7 Å². The van der Waals surface area contributed by atoms with E-state index < -0.39 is 6.04 Å². The number of aryl methyl sites for hydroxylation is 1. The molecule has 1 aromatic heterocycles. The SMILES string of the molecule is COc1cc(C2C(C(=O)Nc3ccc(F)cc3C)=C(C)Nc3ncnn32)cc(OC)c1OC. The van der Waals surface area contributed by atoms with Crippen molar-refractivity contribution in [3.05, 3.63) is 64.9 Å². The largest absolute Gasteiger partial charge is 0.493 e. The van der Waals surface area contributed by atoms with Crippen molar-refractivity contribution in [2.45, 2.75) is 19.9 Å². The molecule has 1 unspecified atom stereocenters. The van der Waals surface area contributed by atoms with Crippen LogP contribution in [0.4, 0.5) is 16.0 Å². The van der Waals surface area contributed by atoms with Crippen LogP contribution in [0.3, 0.4) is 0 Å². The minimum absolute atomic E-state index is 0.366. The van der Waals surface area contributed by atoms with E-state index in [1.807, 2.05) is 0 Å². The smallest absolute Gasteiger partial charge is 0.255 e. The molecule has 172 valence electrons. The molecule has 0 fully saturated rings. The molecule has 33 heavy (non-hydrogen) atoms. The van der Waals surface area contributed by atoms with E-state index in [-0.39, 0.29) is 11.7 Å². The van der Waals surface area contributed by atoms with E-state index in [0.717, 1.165) is 0 Å². The van der Waals surface area contributed by atoms with E-state index in [0.29, 0.717) is 51.3 Å². The first-order chi connectivity index (χ1) is 15.9. The normalized spacial score (nSPS) is 14.9. The van der Waals surface area contributed by atoms with Crippen LogP contribution in [0.15, 0.2) is 47.9 Å². The van der Waals surface area contributed by atoms with Gasteiger partial charge in [0, 0.05) is 11.4 Å². The zero-order valence-electron chi connectivity index (χ0n) is 18.9. The summed E-state index contributed by atoms with van der Waals surface area (Å²) in [5, 5.41) is 10.3. The quantitative estimate of drug-likeness (QED) is 0.587. The second-order valence-electron chi connectivity index (χ2n) is 7.47. The molecule has 0 radical (unpaired) electrons. The Morgan fingerprint density at radius 1 is 1.09 bits per heavy atom. The number of carbonyl (C=O) groups is 1. The van der Waals surface area contributed by atoms with Gasteiger partial charge in [-0.25, -0.2) is 9.07 Å². The molecule has 2 heterocycles. The van der Waals surface area contributed by atoms with Crippen molar-refractivity contribution >= 4 is 17.5 Å². The summed E-state index contributed by atoms with van der Waals surface area (Å²) in [6.45, 7) is 3.51. The number of halogens is 1. The van der Waals surface area contributed by atoms with E-state index >= 15 is 0 Å². The number of anilines is 2. The van der Waals surface area contributed by atoms with E-state index in [9.17, 15) is 9.18 Å². The Hall–Kier alpha value is -4.08. The minimum atomic E-state index is -0.641. The Balaban J connectivity index is 1.83. The van der Waals surface area contributed by atoms with Crippen molar-refractivity contribution in [2.24, 2.45) is 0 Å². The van der Waals surface area contributed by atoms with E-state index in [1.54, 1.807) is 30.7 Å². The van der Waals surface area contributed by atoms with Gasteiger partial charge in [0.15, 0.2) is 11.5 Å². The first kappa shape index (κ1) is 22.1. The number of nitrogens with one attached hydrogen (secondary N) is 2. The molecule has 0 spiro atoms. The van der Waals surface area contributed by atoms with Crippen molar-refractivity contribution in [1.82, 2.24) is 14.8 Å². The monoisotopic (exact) mass is 453 g/mol. The fourth-order valence-electron chi connectivity index (χ4n) is 3.91. The van der Waals surface area contributed by atoms with Crippen LogP contribution >= 0.6 is 0 Å². The van der Waals surface area contributed by atoms with Crippen molar-refractivity contribution < 1.29 is 23.4 Å². The van der Waals surface area contributed by atoms with Crippen molar-refractivity contribution in [3.8, 4) is 17.2 Å². The lowest BCUT2D eigenvalue weighted by molar-refractivity contribution is -0.113. The molecule has 2 aromatic carbocycles. The Kier molecular flexibility index (Phi) is 5.91. The van der Waals surface area contributed by atoms with Gasteiger partial charge in [-0.3, -0.25) is 4.79 Å². The topological polar surface area (TPSA) is 99.5 Å². The Morgan fingerprint density at radius 3 is 2.39 bits per heavy atom. The standard InChI is InChI=1S/C23H24FN5O4/c1-12-8-15(24)6-7-16(12)28-22(30)19-13(2)27-23-25-11-26-29(23)20(19)14-9-17(31-3)21(33-5)18(10-14)32-4/h6-11,20H,1-5H3,(H,28,30)(H,25,26,27). The van der Waals surface area contributed by atoms with Crippen LogP contribution in [0.1, 0.15) is 24.1 Å². The average molecular weight is 453 g/mol. The first-order valence-corrected chi connectivity index (χ1v) is 10.1. The van der Waals surface area contributed by atoms with Crippen molar-refractivity contribution in [3.63, 3.8) is 0 Å². The highest BCUT2D eigenvalue weighted by molar-refractivity contribution is 6.06. The van der Waals surface area contributed by atoms with E-state index in [1.165, 1.54) is 45.9 Å². The first-order valence-electron chi connectivity index (χ1n) is 10.1. The van der Waals surface area contributed by atoms with Gasteiger partial charge in [-0.05, 0) is 55.3 Å². The molecule has 0 bridgehead atoms. The number of nitrogens with zero attached hydrogens (tertiary/aromatic N) is 3. The van der Waals surface area contributed by atoms with Crippen LogP contribution in [0.25, 0.3) is 0 Å².